The van der Waals surface area contributed by atoms with Gasteiger partial charge in [-0.1, -0.05) is 38.5 Å². The van der Waals surface area contributed by atoms with E-state index in [1.807, 2.05) is 33.8 Å². The van der Waals surface area contributed by atoms with Crippen molar-refractivity contribution in [3.63, 3.8) is 0 Å². The van der Waals surface area contributed by atoms with E-state index >= 15 is 0 Å². The highest BCUT2D eigenvalue weighted by molar-refractivity contribution is 5.88. The lowest BCUT2D eigenvalue weighted by molar-refractivity contribution is -0.177. The average Bonchev–Trinajstić information content (AvgIpc) is 2.85. The molecule has 0 unspecified atom stereocenters. The van der Waals surface area contributed by atoms with Crippen LogP contribution in [-0.4, -0.2) is 46.1 Å². The molecule has 6 nitrogen and oxygen atoms in total. The van der Waals surface area contributed by atoms with E-state index in [9.17, 15) is 19.8 Å². The van der Waals surface area contributed by atoms with Gasteiger partial charge < -0.3 is 19.7 Å². The third-order valence-corrected chi connectivity index (χ3v) is 7.39. The van der Waals surface area contributed by atoms with Crippen molar-refractivity contribution in [2.24, 2.45) is 17.3 Å². The van der Waals surface area contributed by atoms with Crippen LogP contribution in [0.4, 0.5) is 0 Å². The summed E-state index contributed by atoms with van der Waals surface area (Å²) in [6, 6.07) is 0. The highest BCUT2D eigenvalue weighted by Crippen LogP contribution is 2.58. The Hall–Kier alpha value is -1.92. The molecule has 1 fully saturated rings. The standard InChI is InChI=1S/C25H38O6/c1-9-16(6)22(27)30-18-11-15(5)12-20(31-23(28)17(7)10-2)24(8)19(26)13-25(29,14(3)4)21(18)24/h9-10,12,14,18-21,26,29H,11,13H2,1-8H3/t18-,19-,20-,21+,24-,25+/m1/s1. The van der Waals surface area contributed by atoms with E-state index in [4.69, 9.17) is 9.47 Å². The Balaban J connectivity index is 2.61. The fourth-order valence-corrected chi connectivity index (χ4v) is 4.97. The van der Waals surface area contributed by atoms with E-state index in [0.29, 0.717) is 17.6 Å². The smallest absolute Gasteiger partial charge is 0.333 e. The van der Waals surface area contributed by atoms with Gasteiger partial charge >= 0.3 is 11.9 Å². The summed E-state index contributed by atoms with van der Waals surface area (Å²) in [7, 11) is 0. The van der Waals surface area contributed by atoms with Crippen LogP contribution < -0.4 is 0 Å². The van der Waals surface area contributed by atoms with Gasteiger partial charge in [0, 0.05) is 35.3 Å². The monoisotopic (exact) mass is 434 g/mol. The Bertz CT molecular complexity index is 807. The van der Waals surface area contributed by atoms with Gasteiger partial charge in [0.05, 0.1) is 11.7 Å². The van der Waals surface area contributed by atoms with Crippen molar-refractivity contribution in [3.8, 4) is 0 Å². The van der Waals surface area contributed by atoms with Crippen LogP contribution >= 0.6 is 0 Å². The summed E-state index contributed by atoms with van der Waals surface area (Å²) in [4.78, 5) is 25.3. The third-order valence-electron chi connectivity index (χ3n) is 7.39. The largest absolute Gasteiger partial charge is 0.458 e. The summed E-state index contributed by atoms with van der Waals surface area (Å²) >= 11 is 0. The van der Waals surface area contributed by atoms with Crippen LogP contribution in [0.15, 0.2) is 34.9 Å². The fraction of sp³-hybridized carbons (Fsp3) is 0.680. The number of aliphatic hydroxyl groups excluding tert-OH is 1. The number of ether oxygens (including phenoxy) is 2. The lowest BCUT2D eigenvalue weighted by Crippen LogP contribution is -2.54. The van der Waals surface area contributed by atoms with Gasteiger partial charge in [0.1, 0.15) is 12.2 Å². The van der Waals surface area contributed by atoms with E-state index in [0.717, 1.165) is 5.57 Å². The topological polar surface area (TPSA) is 93.1 Å². The normalized spacial score (nSPS) is 36.5. The van der Waals surface area contributed by atoms with Crippen molar-refractivity contribution in [2.75, 3.05) is 0 Å². The SMILES string of the molecule is CC=C(C)C(=O)O[C@@H]1CC(C)=C[C@@H](OC(=O)C(C)=CC)[C@@]2(C)[C@H](O)C[C@](O)(C(C)C)[C@@H]12. The molecule has 1 saturated carbocycles. The molecule has 0 aromatic carbocycles. The highest BCUT2D eigenvalue weighted by Gasteiger charge is 2.67. The zero-order valence-electron chi connectivity index (χ0n) is 20.1. The lowest BCUT2D eigenvalue weighted by Gasteiger charge is -2.45. The zero-order chi connectivity index (χ0) is 23.7. The van der Waals surface area contributed by atoms with Gasteiger partial charge in [0.15, 0.2) is 0 Å². The van der Waals surface area contributed by atoms with E-state index in [-0.39, 0.29) is 12.3 Å². The van der Waals surface area contributed by atoms with Gasteiger partial charge in [-0.3, -0.25) is 0 Å². The number of hydrogen-bond donors (Lipinski definition) is 2. The zero-order valence-corrected chi connectivity index (χ0v) is 20.1. The Morgan fingerprint density at radius 2 is 1.65 bits per heavy atom. The molecule has 0 aromatic heterocycles. The number of esters is 2. The van der Waals surface area contributed by atoms with Crippen molar-refractivity contribution in [1.29, 1.82) is 0 Å². The highest BCUT2D eigenvalue weighted by atomic mass is 16.6. The fourth-order valence-electron chi connectivity index (χ4n) is 4.97. The lowest BCUT2D eigenvalue weighted by atomic mass is 9.66. The van der Waals surface area contributed by atoms with Gasteiger partial charge in [0.2, 0.25) is 0 Å². The minimum atomic E-state index is -1.29. The maximum absolute atomic E-state index is 12.7. The van der Waals surface area contributed by atoms with E-state index in [1.54, 1.807) is 39.8 Å². The molecule has 0 bridgehead atoms. The number of fused-ring (bicyclic) bond motifs is 1. The first-order chi connectivity index (χ1) is 14.3. The summed E-state index contributed by atoms with van der Waals surface area (Å²) in [6.45, 7) is 14.4. The molecule has 2 rings (SSSR count). The molecule has 0 amide bonds. The van der Waals surface area contributed by atoms with Gasteiger partial charge in [-0.15, -0.1) is 0 Å². The first kappa shape index (κ1) is 25.3. The summed E-state index contributed by atoms with van der Waals surface area (Å²) in [5.74, 6) is -1.75. The third kappa shape index (κ3) is 4.51. The van der Waals surface area contributed by atoms with Crippen LogP contribution in [-0.2, 0) is 19.1 Å². The predicted octanol–water partition coefficient (Wildman–Crippen LogP) is 3.87. The average molecular weight is 435 g/mol. The van der Waals surface area contributed by atoms with Crippen molar-refractivity contribution < 1.29 is 29.3 Å². The van der Waals surface area contributed by atoms with E-state index in [1.165, 1.54) is 0 Å². The second-order valence-electron chi connectivity index (χ2n) is 9.64. The van der Waals surface area contributed by atoms with Crippen molar-refractivity contribution in [2.45, 2.75) is 92.1 Å². The first-order valence-electron chi connectivity index (χ1n) is 11.1. The molecule has 0 saturated heterocycles. The maximum atomic E-state index is 12.7. The number of carbonyl (C=O) groups is 2. The van der Waals surface area contributed by atoms with Crippen LogP contribution in [0.3, 0.4) is 0 Å². The molecule has 174 valence electrons. The van der Waals surface area contributed by atoms with Crippen LogP contribution in [0.5, 0.6) is 0 Å². The van der Waals surface area contributed by atoms with Crippen LogP contribution in [0.1, 0.15) is 68.2 Å². The van der Waals surface area contributed by atoms with Gasteiger partial charge in [-0.2, -0.15) is 0 Å². The molecule has 0 radical (unpaired) electrons. The molecule has 6 heteroatoms. The summed E-state index contributed by atoms with van der Waals surface area (Å²) in [5.41, 5.74) is -0.503. The number of allylic oxidation sites excluding steroid dienone is 2. The molecule has 0 heterocycles. The first-order valence-corrected chi connectivity index (χ1v) is 11.1. The molecule has 6 atom stereocenters. The number of aliphatic hydroxyl groups is 2. The Labute approximate surface area is 186 Å². The van der Waals surface area contributed by atoms with E-state index < -0.39 is 47.2 Å². The van der Waals surface area contributed by atoms with Crippen LogP contribution in [0, 0.1) is 17.3 Å². The molecule has 31 heavy (non-hydrogen) atoms. The Kier molecular flexibility index (Phi) is 7.59. The van der Waals surface area contributed by atoms with Gasteiger partial charge in [0.25, 0.3) is 0 Å². The van der Waals surface area contributed by atoms with Crippen LogP contribution in [0.2, 0.25) is 0 Å². The van der Waals surface area contributed by atoms with Crippen LogP contribution in [0.25, 0.3) is 0 Å². The molecular formula is C25H38O6. The number of carbonyl (C=O) groups excluding carboxylic acids is 2. The second kappa shape index (κ2) is 9.29. The molecule has 2 N–H and O–H groups in total. The quantitative estimate of drug-likeness (QED) is 0.388. The minimum Gasteiger partial charge on any atom is -0.458 e. The van der Waals surface area contributed by atoms with Crippen molar-refractivity contribution in [1.82, 2.24) is 0 Å². The van der Waals surface area contributed by atoms with Gasteiger partial charge in [-0.25, -0.2) is 9.59 Å². The van der Waals surface area contributed by atoms with Crippen molar-refractivity contribution in [3.05, 3.63) is 34.9 Å². The summed E-state index contributed by atoms with van der Waals surface area (Å²) in [5, 5.41) is 23.0. The molecule has 2 aliphatic carbocycles. The Morgan fingerprint density at radius 3 is 2.13 bits per heavy atom. The maximum Gasteiger partial charge on any atom is 0.333 e. The number of hydrogen-bond acceptors (Lipinski definition) is 6. The minimum absolute atomic E-state index is 0.117. The predicted molar refractivity (Wildman–Crippen MR) is 119 cm³/mol. The number of rotatable bonds is 5. The molecular weight excluding hydrogens is 396 g/mol. The molecule has 0 aromatic rings. The van der Waals surface area contributed by atoms with E-state index in [2.05, 4.69) is 0 Å². The second-order valence-corrected chi connectivity index (χ2v) is 9.64. The Morgan fingerprint density at radius 1 is 1.13 bits per heavy atom. The summed E-state index contributed by atoms with van der Waals surface area (Å²) < 4.78 is 11.8. The molecule has 0 aliphatic heterocycles. The molecule has 0 spiro atoms. The van der Waals surface area contributed by atoms with Crippen molar-refractivity contribution >= 4 is 11.9 Å². The van der Waals surface area contributed by atoms with Gasteiger partial charge in [-0.05, 0) is 46.6 Å². The molecule has 2 aliphatic rings. The summed E-state index contributed by atoms with van der Waals surface area (Å²) in [6.07, 6.45) is 3.32.